The minimum absolute atomic E-state index is 0.200. The number of para-hydroxylation sites is 2. The van der Waals surface area contributed by atoms with Gasteiger partial charge in [-0.2, -0.15) is 18.3 Å². The Morgan fingerprint density at radius 2 is 1.86 bits per heavy atom. The summed E-state index contributed by atoms with van der Waals surface area (Å²) in [7, 11) is 0. The predicted octanol–water partition coefficient (Wildman–Crippen LogP) is 6.32. The molecule has 36 heavy (non-hydrogen) atoms. The second-order valence-corrected chi connectivity index (χ2v) is 9.88. The lowest BCUT2D eigenvalue weighted by atomic mass is 9.74. The van der Waals surface area contributed by atoms with Crippen molar-refractivity contribution < 1.29 is 22.6 Å². The lowest BCUT2D eigenvalue weighted by Crippen LogP contribution is -2.67. The van der Waals surface area contributed by atoms with E-state index in [1.165, 1.54) is 0 Å². The molecule has 4 aromatic rings. The number of rotatable bonds is 5. The van der Waals surface area contributed by atoms with Gasteiger partial charge in [-0.3, -0.25) is 0 Å². The van der Waals surface area contributed by atoms with E-state index < -0.39 is 23.9 Å². The predicted molar refractivity (Wildman–Crippen MR) is 132 cm³/mol. The van der Waals surface area contributed by atoms with Gasteiger partial charge in [0, 0.05) is 29.5 Å². The Hall–Kier alpha value is -3.52. The number of halogens is 3. The van der Waals surface area contributed by atoms with Crippen molar-refractivity contribution in [1.29, 1.82) is 0 Å². The lowest BCUT2D eigenvalue weighted by Gasteiger charge is -2.55. The van der Waals surface area contributed by atoms with Gasteiger partial charge in [0.15, 0.2) is 5.60 Å². The zero-order chi connectivity index (χ0) is 25.1. The first-order chi connectivity index (χ1) is 17.2. The highest BCUT2D eigenvalue weighted by Gasteiger charge is 2.68. The van der Waals surface area contributed by atoms with Crippen molar-refractivity contribution in [2.75, 3.05) is 18.5 Å². The fraction of sp³-hybridized carbons (Fsp3) is 0.321. The summed E-state index contributed by atoms with van der Waals surface area (Å²) >= 11 is 0. The Morgan fingerprint density at radius 3 is 2.61 bits per heavy atom. The molecule has 2 aliphatic heterocycles. The summed E-state index contributed by atoms with van der Waals surface area (Å²) in [5, 5.41) is 8.30. The molecule has 1 fully saturated rings. The summed E-state index contributed by atoms with van der Waals surface area (Å²) in [4.78, 5) is 0. The van der Waals surface area contributed by atoms with E-state index >= 15 is 0 Å². The fourth-order valence-electron chi connectivity index (χ4n) is 5.53. The first kappa shape index (κ1) is 22.9. The average Bonchev–Trinajstić information content (AvgIpc) is 3.47. The standard InChI is InChI=1S/C28H26F3N3O2/c1-18-13-23(21-15-33-34(24(21)14-18)20-8-4-3-5-9-20)32-17-27(28(29,30)31)16-26(2,36-27)22-10-6-7-19-11-12-35-25(19)22/h3-10,13-15,32H,11-12,16-17H2,1-2H3/t26?,27-/m0/s1. The van der Waals surface area contributed by atoms with Crippen LogP contribution < -0.4 is 10.1 Å². The molecule has 0 spiro atoms. The third-order valence-corrected chi connectivity index (χ3v) is 7.24. The van der Waals surface area contributed by atoms with Crippen molar-refractivity contribution in [1.82, 2.24) is 9.78 Å². The van der Waals surface area contributed by atoms with E-state index in [1.807, 2.05) is 61.5 Å². The van der Waals surface area contributed by atoms with Crippen LogP contribution in [-0.2, 0) is 16.8 Å². The van der Waals surface area contributed by atoms with Crippen LogP contribution in [0.15, 0.2) is 66.9 Å². The Balaban J connectivity index is 1.30. The molecular formula is C28H26F3N3O2. The summed E-state index contributed by atoms with van der Waals surface area (Å²) in [6.45, 7) is 3.76. The van der Waals surface area contributed by atoms with Gasteiger partial charge in [0.2, 0.25) is 0 Å². The van der Waals surface area contributed by atoms with Gasteiger partial charge < -0.3 is 14.8 Å². The Bertz CT molecular complexity index is 1440. The largest absolute Gasteiger partial charge is 0.493 e. The molecule has 0 aliphatic carbocycles. The van der Waals surface area contributed by atoms with Gasteiger partial charge in [-0.15, -0.1) is 0 Å². The van der Waals surface area contributed by atoms with E-state index in [1.54, 1.807) is 23.9 Å². The molecule has 1 saturated heterocycles. The van der Waals surface area contributed by atoms with Gasteiger partial charge in [0.1, 0.15) is 5.75 Å². The molecule has 0 saturated carbocycles. The number of benzene rings is 3. The molecule has 2 atom stereocenters. The maximum Gasteiger partial charge on any atom is 0.419 e. The number of nitrogens with zero attached hydrogens (tertiary/aromatic N) is 2. The van der Waals surface area contributed by atoms with Crippen LogP contribution >= 0.6 is 0 Å². The van der Waals surface area contributed by atoms with Gasteiger partial charge in [-0.05, 0) is 49.2 Å². The van der Waals surface area contributed by atoms with E-state index in [4.69, 9.17) is 9.47 Å². The number of aromatic nitrogens is 2. The van der Waals surface area contributed by atoms with Crippen LogP contribution in [0.25, 0.3) is 16.6 Å². The topological polar surface area (TPSA) is 48.3 Å². The van der Waals surface area contributed by atoms with Crippen molar-refractivity contribution >= 4 is 16.6 Å². The summed E-state index contributed by atoms with van der Waals surface area (Å²) in [6, 6.07) is 19.1. The zero-order valence-corrected chi connectivity index (χ0v) is 20.0. The number of nitrogens with one attached hydrogen (secondary N) is 1. The quantitative estimate of drug-likeness (QED) is 0.354. The van der Waals surface area contributed by atoms with Crippen molar-refractivity contribution in [3.05, 3.63) is 83.6 Å². The molecular weight excluding hydrogens is 467 g/mol. The Labute approximate surface area is 206 Å². The monoisotopic (exact) mass is 493 g/mol. The zero-order valence-electron chi connectivity index (χ0n) is 20.0. The summed E-state index contributed by atoms with van der Waals surface area (Å²) < 4.78 is 56.6. The number of fused-ring (bicyclic) bond motifs is 2. The minimum atomic E-state index is -4.55. The highest BCUT2D eigenvalue weighted by Crippen LogP contribution is 2.57. The number of ether oxygens (including phenoxy) is 2. The fourth-order valence-corrected chi connectivity index (χ4v) is 5.53. The summed E-state index contributed by atoms with van der Waals surface area (Å²) in [5.41, 5.74) is 1.52. The van der Waals surface area contributed by atoms with Gasteiger partial charge in [-0.1, -0.05) is 36.4 Å². The second kappa shape index (κ2) is 8.00. The number of hydrogen-bond acceptors (Lipinski definition) is 4. The Morgan fingerprint density at radius 1 is 1.08 bits per heavy atom. The van der Waals surface area contributed by atoms with Crippen LogP contribution in [0.5, 0.6) is 5.75 Å². The molecule has 1 aromatic heterocycles. The highest BCUT2D eigenvalue weighted by atomic mass is 19.4. The highest BCUT2D eigenvalue weighted by molar-refractivity contribution is 5.93. The maximum atomic E-state index is 14.4. The smallest absolute Gasteiger partial charge is 0.419 e. The average molecular weight is 494 g/mol. The minimum Gasteiger partial charge on any atom is -0.493 e. The van der Waals surface area contributed by atoms with Crippen LogP contribution in [-0.4, -0.2) is 34.7 Å². The van der Waals surface area contributed by atoms with Crippen molar-refractivity contribution in [2.45, 2.75) is 44.1 Å². The van der Waals surface area contributed by atoms with Gasteiger partial charge in [-0.25, -0.2) is 4.68 Å². The van der Waals surface area contributed by atoms with E-state index in [-0.39, 0.29) is 6.42 Å². The number of hydrogen-bond donors (Lipinski definition) is 1. The van der Waals surface area contributed by atoms with E-state index in [2.05, 4.69) is 10.4 Å². The third kappa shape index (κ3) is 3.54. The van der Waals surface area contributed by atoms with Gasteiger partial charge >= 0.3 is 6.18 Å². The number of aryl methyl sites for hydroxylation is 1. The first-order valence-corrected chi connectivity index (χ1v) is 12.0. The molecule has 3 heterocycles. The lowest BCUT2D eigenvalue weighted by molar-refractivity contribution is -0.380. The molecule has 0 radical (unpaired) electrons. The van der Waals surface area contributed by atoms with Gasteiger partial charge in [0.25, 0.3) is 0 Å². The van der Waals surface area contributed by atoms with Crippen LogP contribution in [0.1, 0.15) is 30.0 Å². The molecule has 0 amide bonds. The van der Waals surface area contributed by atoms with Crippen molar-refractivity contribution in [2.24, 2.45) is 0 Å². The molecule has 5 nitrogen and oxygen atoms in total. The normalized spacial score (nSPS) is 23.2. The van der Waals surface area contributed by atoms with Crippen LogP contribution in [0.3, 0.4) is 0 Å². The molecule has 8 heteroatoms. The van der Waals surface area contributed by atoms with Crippen LogP contribution in [0.4, 0.5) is 18.9 Å². The van der Waals surface area contributed by atoms with Crippen LogP contribution in [0.2, 0.25) is 0 Å². The van der Waals surface area contributed by atoms with Crippen molar-refractivity contribution in [3.8, 4) is 11.4 Å². The summed E-state index contributed by atoms with van der Waals surface area (Å²) in [6.07, 6.45) is -2.31. The molecule has 6 rings (SSSR count). The van der Waals surface area contributed by atoms with E-state index in [0.29, 0.717) is 23.6 Å². The number of alkyl halides is 3. The molecule has 1 N–H and O–H groups in total. The Kier molecular flexibility index (Phi) is 5.09. The van der Waals surface area contributed by atoms with Gasteiger partial charge in [0.05, 0.1) is 36.2 Å². The molecule has 2 aliphatic rings. The second-order valence-electron chi connectivity index (χ2n) is 9.88. The first-order valence-electron chi connectivity index (χ1n) is 12.0. The van der Waals surface area contributed by atoms with Crippen molar-refractivity contribution in [3.63, 3.8) is 0 Å². The molecule has 1 unspecified atom stereocenters. The van der Waals surface area contributed by atoms with E-state index in [9.17, 15) is 13.2 Å². The third-order valence-electron chi connectivity index (χ3n) is 7.24. The van der Waals surface area contributed by atoms with Crippen LogP contribution in [0, 0.1) is 6.92 Å². The SMILES string of the molecule is Cc1cc(NC[C@]2(C(F)(F)F)CC(C)(c3cccc4c3OCC4)O2)c2cnn(-c3ccccc3)c2c1. The molecule has 186 valence electrons. The van der Waals surface area contributed by atoms with E-state index in [0.717, 1.165) is 34.1 Å². The number of anilines is 1. The maximum absolute atomic E-state index is 14.4. The molecule has 3 aromatic carbocycles. The summed E-state index contributed by atoms with van der Waals surface area (Å²) in [5.74, 6) is 0.664. The molecule has 0 bridgehead atoms.